The highest BCUT2D eigenvalue weighted by atomic mass is 16.5. The van der Waals surface area contributed by atoms with E-state index in [0.29, 0.717) is 5.76 Å². The van der Waals surface area contributed by atoms with Gasteiger partial charge >= 0.3 is 5.97 Å². The summed E-state index contributed by atoms with van der Waals surface area (Å²) in [6.07, 6.45) is 5.39. The maximum Gasteiger partial charge on any atom is 0.373 e. The Bertz CT molecular complexity index is 440. The van der Waals surface area contributed by atoms with Crippen LogP contribution in [0.15, 0.2) is 16.5 Å². The Morgan fingerprint density at radius 3 is 2.76 bits per heavy atom. The fourth-order valence-corrected chi connectivity index (χ4v) is 1.45. The van der Waals surface area contributed by atoms with Crippen molar-refractivity contribution in [3.8, 4) is 12.3 Å². The van der Waals surface area contributed by atoms with Crippen LogP contribution < -0.4 is 5.32 Å². The Hall–Kier alpha value is -1.73. The minimum absolute atomic E-state index is 0.0838. The van der Waals surface area contributed by atoms with Gasteiger partial charge in [0, 0.05) is 0 Å². The van der Waals surface area contributed by atoms with Gasteiger partial charge in [0.1, 0.15) is 5.76 Å². The van der Waals surface area contributed by atoms with Crippen molar-refractivity contribution in [1.29, 1.82) is 0 Å². The number of nitrogens with one attached hydrogen (secondary N) is 1. The van der Waals surface area contributed by atoms with Crippen molar-refractivity contribution in [2.75, 3.05) is 7.11 Å². The van der Waals surface area contributed by atoms with Gasteiger partial charge in [0.15, 0.2) is 0 Å². The van der Waals surface area contributed by atoms with Crippen molar-refractivity contribution < 1.29 is 13.9 Å². The molecule has 0 amide bonds. The minimum atomic E-state index is -0.486. The van der Waals surface area contributed by atoms with Gasteiger partial charge in [0.05, 0.1) is 18.7 Å². The van der Waals surface area contributed by atoms with E-state index < -0.39 is 11.5 Å². The fourth-order valence-electron chi connectivity index (χ4n) is 1.45. The van der Waals surface area contributed by atoms with Gasteiger partial charge in [-0.2, -0.15) is 0 Å². The van der Waals surface area contributed by atoms with E-state index >= 15 is 0 Å². The fraction of sp³-hybridized carbons (Fsp3) is 0.462. The van der Waals surface area contributed by atoms with E-state index in [0.717, 1.165) is 0 Å². The summed E-state index contributed by atoms with van der Waals surface area (Å²) in [6, 6.07) is 3.23. The summed E-state index contributed by atoms with van der Waals surface area (Å²) in [5.74, 6) is 2.99. The van der Waals surface area contributed by atoms with Gasteiger partial charge in [-0.05, 0) is 32.9 Å². The average Bonchev–Trinajstić information content (AvgIpc) is 2.77. The largest absolute Gasteiger partial charge is 0.463 e. The lowest BCUT2D eigenvalue weighted by Crippen LogP contribution is -2.39. The van der Waals surface area contributed by atoms with Gasteiger partial charge < -0.3 is 9.15 Å². The standard InChI is InChI=1S/C13H17NO3/c1-6-13(3,4)14-9(2)10-7-8-11(17-10)12(15)16-5/h1,7-9,14H,2-5H3. The van der Waals surface area contributed by atoms with Crippen LogP contribution in [-0.2, 0) is 4.74 Å². The first-order valence-electron chi connectivity index (χ1n) is 5.33. The lowest BCUT2D eigenvalue weighted by Gasteiger charge is -2.23. The second-order valence-corrected chi connectivity index (χ2v) is 4.33. The SMILES string of the molecule is C#CC(C)(C)NC(C)c1ccc(C(=O)OC)o1. The summed E-state index contributed by atoms with van der Waals surface area (Å²) in [4.78, 5) is 11.2. The van der Waals surface area contributed by atoms with Crippen LogP contribution in [0.2, 0.25) is 0 Å². The Balaban J connectivity index is 2.78. The Kier molecular flexibility index (Phi) is 3.97. The third-order valence-electron chi connectivity index (χ3n) is 2.38. The molecule has 0 radical (unpaired) electrons. The molecule has 1 unspecified atom stereocenters. The van der Waals surface area contributed by atoms with E-state index in [1.54, 1.807) is 12.1 Å². The number of methoxy groups -OCH3 is 1. The maximum absolute atomic E-state index is 11.2. The van der Waals surface area contributed by atoms with Crippen LogP contribution in [0.1, 0.15) is 43.1 Å². The number of esters is 1. The molecular weight excluding hydrogens is 218 g/mol. The van der Waals surface area contributed by atoms with Gasteiger partial charge in [-0.1, -0.05) is 5.92 Å². The number of ether oxygens (including phenoxy) is 1. The molecule has 1 heterocycles. The van der Waals surface area contributed by atoms with E-state index in [4.69, 9.17) is 10.8 Å². The van der Waals surface area contributed by atoms with Gasteiger partial charge in [0.2, 0.25) is 5.76 Å². The lowest BCUT2D eigenvalue weighted by molar-refractivity contribution is 0.0562. The van der Waals surface area contributed by atoms with Gasteiger partial charge in [0.25, 0.3) is 0 Å². The van der Waals surface area contributed by atoms with Crippen molar-refractivity contribution >= 4 is 5.97 Å². The molecule has 4 nitrogen and oxygen atoms in total. The smallest absolute Gasteiger partial charge is 0.373 e. The molecule has 0 saturated carbocycles. The zero-order chi connectivity index (χ0) is 13.1. The summed E-state index contributed by atoms with van der Waals surface area (Å²) in [5.41, 5.74) is -0.433. The van der Waals surface area contributed by atoms with Gasteiger partial charge in [-0.3, -0.25) is 5.32 Å². The van der Waals surface area contributed by atoms with Crippen LogP contribution in [0.5, 0.6) is 0 Å². The topological polar surface area (TPSA) is 51.5 Å². The van der Waals surface area contributed by atoms with E-state index in [1.165, 1.54) is 7.11 Å². The van der Waals surface area contributed by atoms with Crippen LogP contribution >= 0.6 is 0 Å². The van der Waals surface area contributed by atoms with E-state index in [-0.39, 0.29) is 11.8 Å². The molecule has 0 aromatic carbocycles. The molecular formula is C13H17NO3. The van der Waals surface area contributed by atoms with Crippen molar-refractivity contribution in [2.45, 2.75) is 32.4 Å². The predicted octanol–water partition coefficient (Wildman–Crippen LogP) is 2.13. The molecule has 0 aliphatic rings. The Morgan fingerprint density at radius 1 is 1.59 bits per heavy atom. The van der Waals surface area contributed by atoms with Crippen molar-refractivity contribution in [3.63, 3.8) is 0 Å². The third kappa shape index (κ3) is 3.36. The minimum Gasteiger partial charge on any atom is -0.463 e. The zero-order valence-corrected chi connectivity index (χ0v) is 10.5. The van der Waals surface area contributed by atoms with E-state index in [9.17, 15) is 4.79 Å². The molecule has 0 saturated heterocycles. The Labute approximate surface area is 101 Å². The highest BCUT2D eigenvalue weighted by molar-refractivity contribution is 5.86. The first-order valence-corrected chi connectivity index (χ1v) is 5.33. The summed E-state index contributed by atoms with van der Waals surface area (Å²) in [5, 5.41) is 3.21. The highest BCUT2D eigenvalue weighted by Crippen LogP contribution is 2.19. The first kappa shape index (κ1) is 13.3. The molecule has 1 N–H and O–H groups in total. The number of rotatable bonds is 4. The highest BCUT2D eigenvalue weighted by Gasteiger charge is 2.21. The maximum atomic E-state index is 11.2. The molecule has 1 aromatic rings. The molecule has 1 aromatic heterocycles. The lowest BCUT2D eigenvalue weighted by atomic mass is 10.1. The molecule has 0 aliphatic carbocycles. The number of carbonyl (C=O) groups is 1. The first-order chi connectivity index (χ1) is 7.89. The van der Waals surface area contributed by atoms with Crippen LogP contribution in [-0.4, -0.2) is 18.6 Å². The molecule has 0 bridgehead atoms. The van der Waals surface area contributed by atoms with Crippen LogP contribution in [0.3, 0.4) is 0 Å². The summed E-state index contributed by atoms with van der Waals surface area (Å²) in [6.45, 7) is 5.71. The van der Waals surface area contributed by atoms with Gasteiger partial charge in [-0.15, -0.1) is 6.42 Å². The summed E-state index contributed by atoms with van der Waals surface area (Å²) in [7, 11) is 1.31. The normalized spacial score (nSPS) is 12.9. The van der Waals surface area contributed by atoms with Crippen molar-refractivity contribution in [1.82, 2.24) is 5.32 Å². The molecule has 1 rings (SSSR count). The third-order valence-corrected chi connectivity index (χ3v) is 2.38. The monoisotopic (exact) mass is 235 g/mol. The van der Waals surface area contributed by atoms with Crippen LogP contribution in [0.4, 0.5) is 0 Å². The van der Waals surface area contributed by atoms with Gasteiger partial charge in [-0.25, -0.2) is 4.79 Å². The molecule has 0 aliphatic heterocycles. The Morgan fingerprint density at radius 2 is 2.24 bits per heavy atom. The molecule has 4 heteroatoms. The molecule has 0 spiro atoms. The van der Waals surface area contributed by atoms with Crippen molar-refractivity contribution in [3.05, 3.63) is 23.7 Å². The summed E-state index contributed by atoms with van der Waals surface area (Å²) >= 11 is 0. The van der Waals surface area contributed by atoms with Crippen molar-refractivity contribution in [2.24, 2.45) is 0 Å². The molecule has 1 atom stereocenters. The molecule has 17 heavy (non-hydrogen) atoms. The second-order valence-electron chi connectivity index (χ2n) is 4.33. The predicted molar refractivity (Wildman–Crippen MR) is 64.5 cm³/mol. The number of hydrogen-bond acceptors (Lipinski definition) is 4. The second kappa shape index (κ2) is 5.07. The molecule has 0 fully saturated rings. The van der Waals surface area contributed by atoms with E-state index in [1.807, 2.05) is 20.8 Å². The zero-order valence-electron chi connectivity index (χ0n) is 10.5. The number of terminal acetylenes is 1. The van der Waals surface area contributed by atoms with E-state index in [2.05, 4.69) is 16.0 Å². The van der Waals surface area contributed by atoms with Crippen LogP contribution in [0, 0.1) is 12.3 Å². The average molecular weight is 235 g/mol. The number of carbonyl (C=O) groups excluding carboxylic acids is 1. The number of hydrogen-bond donors (Lipinski definition) is 1. The van der Waals surface area contributed by atoms with Crippen LogP contribution in [0.25, 0.3) is 0 Å². The summed E-state index contributed by atoms with van der Waals surface area (Å²) < 4.78 is 9.95. The molecule has 92 valence electrons. The quantitative estimate of drug-likeness (QED) is 0.641. The number of furan rings is 1.